The molecule has 1 N–H and O–H groups in total. The number of nitrogens with one attached hydrogen (secondary N) is 1. The van der Waals surface area contributed by atoms with Gasteiger partial charge in [0.15, 0.2) is 0 Å². The standard InChI is InChI=1S/C11H15BrN4/c1-13-11-14-5-9(12)10(15-11)16-6-7-2-3-8(16)4-7/h5,7-8H,2-4,6H2,1H3,(H,13,14,15). The normalized spacial score (nSPS) is 27.5. The van der Waals surface area contributed by atoms with E-state index in [1.165, 1.54) is 19.3 Å². The summed E-state index contributed by atoms with van der Waals surface area (Å²) >= 11 is 3.55. The lowest BCUT2D eigenvalue weighted by molar-refractivity contribution is 0.549. The second-order valence-electron chi connectivity index (χ2n) is 4.60. The zero-order valence-electron chi connectivity index (χ0n) is 9.28. The topological polar surface area (TPSA) is 41.1 Å². The van der Waals surface area contributed by atoms with Gasteiger partial charge in [-0.1, -0.05) is 0 Å². The fourth-order valence-corrected chi connectivity index (χ4v) is 3.28. The number of rotatable bonds is 2. The molecule has 0 spiro atoms. The molecular weight excluding hydrogens is 268 g/mol. The van der Waals surface area contributed by atoms with Gasteiger partial charge in [-0.25, -0.2) is 4.98 Å². The number of nitrogens with zero attached hydrogens (tertiary/aromatic N) is 3. The Morgan fingerprint density at radius 1 is 1.50 bits per heavy atom. The van der Waals surface area contributed by atoms with Gasteiger partial charge in [0, 0.05) is 25.8 Å². The average Bonchev–Trinajstić information content (AvgIpc) is 2.91. The van der Waals surface area contributed by atoms with Gasteiger partial charge in [-0.3, -0.25) is 0 Å². The number of hydrogen-bond donors (Lipinski definition) is 1. The first-order valence-electron chi connectivity index (χ1n) is 5.75. The molecule has 2 aliphatic rings. The van der Waals surface area contributed by atoms with Crippen LogP contribution in [0.3, 0.4) is 0 Å². The minimum atomic E-state index is 0.695. The molecule has 1 aromatic rings. The highest BCUT2D eigenvalue weighted by Gasteiger charge is 2.39. The van der Waals surface area contributed by atoms with Crippen LogP contribution in [0.2, 0.25) is 0 Å². The summed E-state index contributed by atoms with van der Waals surface area (Å²) in [6, 6.07) is 0.695. The van der Waals surface area contributed by atoms with Crippen LogP contribution in [0.1, 0.15) is 19.3 Å². The van der Waals surface area contributed by atoms with E-state index in [9.17, 15) is 0 Å². The second-order valence-corrected chi connectivity index (χ2v) is 5.45. The molecule has 2 unspecified atom stereocenters. The number of anilines is 2. The molecule has 1 saturated heterocycles. The second kappa shape index (κ2) is 3.87. The molecule has 0 aromatic carbocycles. The summed E-state index contributed by atoms with van der Waals surface area (Å²) in [5.41, 5.74) is 0. The first kappa shape index (κ1) is 10.3. The minimum Gasteiger partial charge on any atom is -0.357 e. The van der Waals surface area contributed by atoms with Gasteiger partial charge >= 0.3 is 0 Å². The molecule has 1 aliphatic carbocycles. The predicted octanol–water partition coefficient (Wildman–Crippen LogP) is 2.27. The molecule has 2 bridgehead atoms. The summed E-state index contributed by atoms with van der Waals surface area (Å²) in [6.07, 6.45) is 5.88. The fraction of sp³-hybridized carbons (Fsp3) is 0.636. The van der Waals surface area contributed by atoms with Gasteiger partial charge in [0.05, 0.1) is 4.47 Å². The smallest absolute Gasteiger partial charge is 0.224 e. The quantitative estimate of drug-likeness (QED) is 0.904. The third kappa shape index (κ3) is 1.57. The first-order chi connectivity index (χ1) is 7.78. The van der Waals surface area contributed by atoms with E-state index in [2.05, 4.69) is 36.1 Å². The molecule has 1 aromatic heterocycles. The van der Waals surface area contributed by atoms with E-state index in [-0.39, 0.29) is 0 Å². The van der Waals surface area contributed by atoms with Crippen molar-refractivity contribution in [2.75, 3.05) is 23.8 Å². The maximum absolute atomic E-state index is 4.55. The van der Waals surface area contributed by atoms with Crippen molar-refractivity contribution in [2.24, 2.45) is 5.92 Å². The molecule has 5 heteroatoms. The van der Waals surface area contributed by atoms with Gasteiger partial charge in [-0.2, -0.15) is 4.98 Å². The van der Waals surface area contributed by atoms with Crippen LogP contribution in [-0.2, 0) is 0 Å². The Hall–Kier alpha value is -0.840. The fourth-order valence-electron chi connectivity index (χ4n) is 2.86. The van der Waals surface area contributed by atoms with Gasteiger partial charge in [0.2, 0.25) is 5.95 Å². The highest BCUT2D eigenvalue weighted by molar-refractivity contribution is 9.10. The predicted molar refractivity (Wildman–Crippen MR) is 67.8 cm³/mol. The summed E-state index contributed by atoms with van der Waals surface area (Å²) in [5.74, 6) is 2.62. The molecule has 2 heterocycles. The van der Waals surface area contributed by atoms with Crippen LogP contribution >= 0.6 is 15.9 Å². The van der Waals surface area contributed by atoms with Crippen LogP contribution in [0.5, 0.6) is 0 Å². The molecule has 0 amide bonds. The number of aromatic nitrogens is 2. The Labute approximate surface area is 104 Å². The summed E-state index contributed by atoms with van der Waals surface area (Å²) in [4.78, 5) is 11.2. The van der Waals surface area contributed by atoms with E-state index in [0.29, 0.717) is 12.0 Å². The van der Waals surface area contributed by atoms with E-state index in [0.717, 1.165) is 22.8 Å². The van der Waals surface area contributed by atoms with Crippen LogP contribution in [0.15, 0.2) is 10.7 Å². The van der Waals surface area contributed by atoms with Crippen LogP contribution in [0, 0.1) is 5.92 Å². The van der Waals surface area contributed by atoms with Crippen molar-refractivity contribution >= 4 is 27.7 Å². The minimum absolute atomic E-state index is 0.695. The molecule has 2 fully saturated rings. The summed E-state index contributed by atoms with van der Waals surface area (Å²) in [7, 11) is 1.85. The summed E-state index contributed by atoms with van der Waals surface area (Å²) < 4.78 is 0.999. The van der Waals surface area contributed by atoms with Crippen molar-refractivity contribution in [1.29, 1.82) is 0 Å². The third-order valence-electron chi connectivity index (χ3n) is 3.63. The Morgan fingerprint density at radius 3 is 3.00 bits per heavy atom. The SMILES string of the molecule is CNc1ncc(Br)c(N2CC3CCC2C3)n1. The molecule has 3 rings (SSSR count). The highest BCUT2D eigenvalue weighted by Crippen LogP contribution is 2.41. The lowest BCUT2D eigenvalue weighted by Gasteiger charge is -2.28. The van der Waals surface area contributed by atoms with Crippen molar-refractivity contribution in [3.8, 4) is 0 Å². The van der Waals surface area contributed by atoms with Crippen molar-refractivity contribution in [3.05, 3.63) is 10.7 Å². The van der Waals surface area contributed by atoms with E-state index in [1.54, 1.807) is 0 Å². The van der Waals surface area contributed by atoms with Crippen LogP contribution in [0.25, 0.3) is 0 Å². The van der Waals surface area contributed by atoms with Crippen molar-refractivity contribution in [1.82, 2.24) is 9.97 Å². The maximum atomic E-state index is 4.55. The van der Waals surface area contributed by atoms with E-state index in [4.69, 9.17) is 0 Å². The lowest BCUT2D eigenvalue weighted by atomic mass is 10.1. The van der Waals surface area contributed by atoms with Gasteiger partial charge < -0.3 is 10.2 Å². The number of fused-ring (bicyclic) bond motifs is 2. The Balaban J connectivity index is 1.93. The third-order valence-corrected chi connectivity index (χ3v) is 4.19. The zero-order chi connectivity index (χ0) is 11.1. The molecule has 1 saturated carbocycles. The first-order valence-corrected chi connectivity index (χ1v) is 6.54. The van der Waals surface area contributed by atoms with Crippen molar-refractivity contribution < 1.29 is 0 Å². The van der Waals surface area contributed by atoms with Crippen LogP contribution < -0.4 is 10.2 Å². The van der Waals surface area contributed by atoms with E-state index in [1.807, 2.05) is 13.2 Å². The zero-order valence-corrected chi connectivity index (χ0v) is 10.9. The largest absolute Gasteiger partial charge is 0.357 e. The van der Waals surface area contributed by atoms with Gasteiger partial charge in [0.1, 0.15) is 5.82 Å². The summed E-state index contributed by atoms with van der Waals surface area (Å²) in [5, 5.41) is 2.99. The molecular formula is C11H15BrN4. The molecule has 16 heavy (non-hydrogen) atoms. The monoisotopic (exact) mass is 282 g/mol. The Bertz CT molecular complexity index is 409. The average molecular weight is 283 g/mol. The highest BCUT2D eigenvalue weighted by atomic mass is 79.9. The number of hydrogen-bond acceptors (Lipinski definition) is 4. The van der Waals surface area contributed by atoms with E-state index < -0.39 is 0 Å². The molecule has 4 nitrogen and oxygen atoms in total. The maximum Gasteiger partial charge on any atom is 0.224 e. The van der Waals surface area contributed by atoms with E-state index >= 15 is 0 Å². The van der Waals surface area contributed by atoms with Gasteiger partial charge in [0.25, 0.3) is 0 Å². The lowest BCUT2D eigenvalue weighted by Crippen LogP contribution is -2.33. The van der Waals surface area contributed by atoms with Gasteiger partial charge in [-0.15, -0.1) is 0 Å². The number of halogens is 1. The molecule has 2 atom stereocenters. The molecule has 0 radical (unpaired) electrons. The molecule has 1 aliphatic heterocycles. The van der Waals surface area contributed by atoms with Crippen molar-refractivity contribution in [3.63, 3.8) is 0 Å². The van der Waals surface area contributed by atoms with Crippen LogP contribution in [0.4, 0.5) is 11.8 Å². The Morgan fingerprint density at radius 2 is 2.38 bits per heavy atom. The van der Waals surface area contributed by atoms with Gasteiger partial charge in [-0.05, 0) is 41.1 Å². The summed E-state index contributed by atoms with van der Waals surface area (Å²) in [6.45, 7) is 1.16. The number of piperidine rings is 1. The van der Waals surface area contributed by atoms with Crippen molar-refractivity contribution in [2.45, 2.75) is 25.3 Å². The van der Waals surface area contributed by atoms with Crippen LogP contribution in [-0.4, -0.2) is 29.6 Å². The molecule has 86 valence electrons. The Kier molecular flexibility index (Phi) is 2.50.